The molecule has 0 aliphatic carbocycles. The maximum atomic E-state index is 10.6. The lowest BCUT2D eigenvalue weighted by Gasteiger charge is -2.19. The lowest BCUT2D eigenvalue weighted by Crippen LogP contribution is -2.56. The number of hydrogen-bond donors (Lipinski definition) is 3. The Kier molecular flexibility index (Phi) is 1.83. The summed E-state index contributed by atoms with van der Waals surface area (Å²) in [5.74, 6) is -0.944. The molecule has 0 aromatic carbocycles. The smallest absolute Gasteiger partial charge is 0.273 e. The quantitative estimate of drug-likeness (QED) is 0.296. The first kappa shape index (κ1) is 6.97. The number of carbonyl (C=O) groups excluding carboxylic acids is 2. The highest BCUT2D eigenvalue weighted by Crippen LogP contribution is 1.88. The molecule has 1 aliphatic rings. The minimum absolute atomic E-state index is 0.0707. The first-order valence-corrected chi connectivity index (χ1v) is 2.61. The van der Waals surface area contributed by atoms with E-state index in [4.69, 9.17) is 5.26 Å². The topological polar surface area (TPSA) is 87.7 Å². The second-order valence-electron chi connectivity index (χ2n) is 1.77. The monoisotopic (exact) mass is 146 g/mol. The van der Waals surface area contributed by atoms with Crippen molar-refractivity contribution >= 4 is 11.8 Å². The molecule has 56 valence electrons. The molecule has 1 fully saturated rings. The van der Waals surface area contributed by atoms with Gasteiger partial charge in [-0.3, -0.25) is 9.59 Å². The van der Waals surface area contributed by atoms with E-state index in [1.165, 1.54) is 0 Å². The van der Waals surface area contributed by atoms with Gasteiger partial charge in [0.2, 0.25) is 12.1 Å². The Hall–Kier alpha value is -1.14. The van der Waals surface area contributed by atoms with Gasteiger partial charge in [0.05, 0.1) is 6.54 Å². The molecule has 1 saturated heterocycles. The van der Waals surface area contributed by atoms with Gasteiger partial charge in [-0.05, 0) is 0 Å². The van der Waals surface area contributed by atoms with Crippen LogP contribution in [0.15, 0.2) is 0 Å². The van der Waals surface area contributed by atoms with Gasteiger partial charge in [-0.25, -0.2) is 10.1 Å². The van der Waals surface area contributed by atoms with Crippen LogP contribution in [-0.4, -0.2) is 29.8 Å². The zero-order chi connectivity index (χ0) is 7.56. The van der Waals surface area contributed by atoms with Crippen molar-refractivity contribution in [1.29, 1.82) is 0 Å². The number of nitrogens with one attached hydrogen (secondary N) is 2. The van der Waals surface area contributed by atoms with Gasteiger partial charge >= 0.3 is 0 Å². The lowest BCUT2D eigenvalue weighted by molar-refractivity contribution is -0.278. The fourth-order valence-corrected chi connectivity index (χ4v) is 0.597. The van der Waals surface area contributed by atoms with Gasteiger partial charge in [-0.15, -0.1) is 0 Å². The van der Waals surface area contributed by atoms with Gasteiger partial charge < -0.3 is 10.6 Å². The van der Waals surface area contributed by atoms with Crippen LogP contribution in [0.3, 0.4) is 0 Å². The molecule has 1 atom stereocenters. The van der Waals surface area contributed by atoms with Gasteiger partial charge in [0, 0.05) is 0 Å². The lowest BCUT2D eigenvalue weighted by atomic mass is 10.4. The Balaban J connectivity index is 2.53. The van der Waals surface area contributed by atoms with Crippen LogP contribution in [0.2, 0.25) is 0 Å². The predicted octanol–water partition coefficient (Wildman–Crippen LogP) is -1.95. The molecule has 0 radical (unpaired) electrons. The van der Waals surface area contributed by atoms with Gasteiger partial charge in [-0.1, -0.05) is 0 Å². The zero-order valence-corrected chi connectivity index (χ0v) is 4.96. The fourth-order valence-electron chi connectivity index (χ4n) is 0.597. The van der Waals surface area contributed by atoms with E-state index >= 15 is 0 Å². The molecule has 0 bridgehead atoms. The van der Waals surface area contributed by atoms with Crippen LogP contribution in [0, 0.1) is 0 Å². The standard InChI is InChI=1S/C4H6N2O4/c7-2-1-5-3(8)4(6-2)10-9/h4,9H,1H2,(H,5,8)(H,6,7). The van der Waals surface area contributed by atoms with Crippen LogP contribution >= 0.6 is 0 Å². The Morgan fingerprint density at radius 2 is 2.30 bits per heavy atom. The van der Waals surface area contributed by atoms with Crippen LogP contribution in [-0.2, 0) is 14.5 Å². The predicted molar refractivity (Wildman–Crippen MR) is 28.7 cm³/mol. The number of piperazine rings is 1. The second-order valence-corrected chi connectivity index (χ2v) is 1.77. The molecule has 0 spiro atoms. The highest BCUT2D eigenvalue weighted by atomic mass is 17.1. The molecule has 1 heterocycles. The van der Waals surface area contributed by atoms with E-state index in [9.17, 15) is 9.59 Å². The van der Waals surface area contributed by atoms with E-state index in [1.807, 2.05) is 0 Å². The van der Waals surface area contributed by atoms with E-state index in [-0.39, 0.29) is 6.54 Å². The van der Waals surface area contributed by atoms with Crippen molar-refractivity contribution in [2.24, 2.45) is 0 Å². The van der Waals surface area contributed by atoms with E-state index in [1.54, 1.807) is 0 Å². The maximum Gasteiger partial charge on any atom is 0.273 e. The fraction of sp³-hybridized carbons (Fsp3) is 0.500. The van der Waals surface area contributed by atoms with E-state index < -0.39 is 18.0 Å². The van der Waals surface area contributed by atoms with Gasteiger partial charge in [-0.2, -0.15) is 0 Å². The molecule has 1 unspecified atom stereocenters. The van der Waals surface area contributed by atoms with Crippen molar-refractivity contribution in [1.82, 2.24) is 10.6 Å². The van der Waals surface area contributed by atoms with E-state index in [2.05, 4.69) is 15.5 Å². The molecular formula is C4H6N2O4. The van der Waals surface area contributed by atoms with Crippen LogP contribution < -0.4 is 10.6 Å². The average Bonchev–Trinajstić information content (AvgIpc) is 1.94. The summed E-state index contributed by atoms with van der Waals surface area (Å²) < 4.78 is 0. The number of carbonyl (C=O) groups is 2. The molecule has 0 aromatic heterocycles. The third-order valence-electron chi connectivity index (χ3n) is 1.06. The number of hydrogen-bond acceptors (Lipinski definition) is 4. The summed E-state index contributed by atoms with van der Waals surface area (Å²) in [5.41, 5.74) is 0. The van der Waals surface area contributed by atoms with Gasteiger partial charge in [0.1, 0.15) is 0 Å². The first-order valence-electron chi connectivity index (χ1n) is 2.61. The summed E-state index contributed by atoms with van der Waals surface area (Å²) in [6.45, 7) is -0.0707. The molecular weight excluding hydrogens is 140 g/mol. The third-order valence-corrected chi connectivity index (χ3v) is 1.06. The zero-order valence-electron chi connectivity index (χ0n) is 4.96. The third kappa shape index (κ3) is 1.23. The van der Waals surface area contributed by atoms with Crippen LogP contribution in [0.5, 0.6) is 0 Å². The summed E-state index contributed by atoms with van der Waals surface area (Å²) in [6, 6.07) is 0. The van der Waals surface area contributed by atoms with Crippen LogP contribution in [0.1, 0.15) is 0 Å². The molecule has 2 amide bonds. The SMILES string of the molecule is O=C1CNC(=O)C(OO)N1. The summed E-state index contributed by atoms with van der Waals surface area (Å²) in [7, 11) is 0. The second kappa shape index (κ2) is 2.63. The highest BCUT2D eigenvalue weighted by molar-refractivity contribution is 5.93. The summed E-state index contributed by atoms with van der Waals surface area (Å²) in [4.78, 5) is 24.7. The average molecular weight is 146 g/mol. The largest absolute Gasteiger partial charge is 0.343 e. The van der Waals surface area contributed by atoms with E-state index in [0.717, 1.165) is 0 Å². The molecule has 1 rings (SSSR count). The summed E-state index contributed by atoms with van der Waals surface area (Å²) in [5, 5.41) is 12.3. The van der Waals surface area contributed by atoms with Crippen LogP contribution in [0.4, 0.5) is 0 Å². The number of rotatable bonds is 1. The van der Waals surface area contributed by atoms with Crippen molar-refractivity contribution in [3.63, 3.8) is 0 Å². The Bertz CT molecular complexity index is 169. The minimum atomic E-state index is -1.26. The van der Waals surface area contributed by atoms with Gasteiger partial charge in [0.25, 0.3) is 5.91 Å². The molecule has 0 aromatic rings. The van der Waals surface area contributed by atoms with Crippen molar-refractivity contribution in [2.45, 2.75) is 6.23 Å². The summed E-state index contributed by atoms with van der Waals surface area (Å²) >= 11 is 0. The molecule has 3 N–H and O–H groups in total. The summed E-state index contributed by atoms with van der Waals surface area (Å²) in [6.07, 6.45) is -1.26. The molecule has 0 saturated carbocycles. The first-order chi connectivity index (χ1) is 4.74. The number of amides is 2. The molecule has 6 nitrogen and oxygen atoms in total. The van der Waals surface area contributed by atoms with Crippen molar-refractivity contribution in [2.75, 3.05) is 6.54 Å². The molecule has 1 aliphatic heterocycles. The van der Waals surface area contributed by atoms with Crippen molar-refractivity contribution in [3.05, 3.63) is 0 Å². The normalized spacial score (nSPS) is 25.5. The Morgan fingerprint density at radius 3 is 2.80 bits per heavy atom. The minimum Gasteiger partial charge on any atom is -0.343 e. The Labute approximate surface area is 56.1 Å². The van der Waals surface area contributed by atoms with Gasteiger partial charge in [0.15, 0.2) is 0 Å². The Morgan fingerprint density at radius 1 is 1.60 bits per heavy atom. The van der Waals surface area contributed by atoms with Crippen LogP contribution in [0.25, 0.3) is 0 Å². The van der Waals surface area contributed by atoms with Crippen molar-refractivity contribution in [3.8, 4) is 0 Å². The van der Waals surface area contributed by atoms with E-state index in [0.29, 0.717) is 0 Å². The highest BCUT2D eigenvalue weighted by Gasteiger charge is 2.26. The molecule has 6 heteroatoms. The van der Waals surface area contributed by atoms with Crippen molar-refractivity contribution < 1.29 is 19.7 Å². The maximum absolute atomic E-state index is 10.6. The molecule has 10 heavy (non-hydrogen) atoms.